The topological polar surface area (TPSA) is 29.4 Å². The first kappa shape index (κ1) is 13.6. The van der Waals surface area contributed by atoms with Crippen LogP contribution in [-0.2, 0) is 4.79 Å². The molecule has 0 fully saturated rings. The van der Waals surface area contributed by atoms with E-state index < -0.39 is 17.5 Å². The van der Waals surface area contributed by atoms with Crippen molar-refractivity contribution in [3.8, 4) is 0 Å². The van der Waals surface area contributed by atoms with Crippen LogP contribution in [0.4, 0.5) is 13.2 Å². The van der Waals surface area contributed by atoms with E-state index in [-0.39, 0.29) is 12.7 Å². The van der Waals surface area contributed by atoms with Gasteiger partial charge in [-0.05, 0) is 6.42 Å². The molecular formula is C10H12F3NO. The van der Waals surface area contributed by atoms with E-state index in [9.17, 15) is 18.0 Å². The number of hydrogen-bond donors (Lipinski definition) is 0. The van der Waals surface area contributed by atoms with Crippen LogP contribution in [0.25, 0.3) is 0 Å². The molecule has 1 aliphatic rings. The van der Waals surface area contributed by atoms with Crippen LogP contribution >= 0.6 is 0 Å². The third-order valence-electron chi connectivity index (χ3n) is 1.47. The third-order valence-corrected chi connectivity index (χ3v) is 1.47. The molecule has 2 nitrogen and oxygen atoms in total. The van der Waals surface area contributed by atoms with E-state index in [0.717, 1.165) is 6.08 Å². The van der Waals surface area contributed by atoms with Crippen LogP contribution in [-0.4, -0.2) is 18.2 Å². The second kappa shape index (κ2) is 6.16. The molecule has 0 saturated heterocycles. The van der Waals surface area contributed by atoms with Crippen molar-refractivity contribution in [2.75, 3.05) is 0 Å². The standard InChI is InChI=1S/C8H6F3NO.C2H6/c9-8(10,11)6-3-1-2-4-12-7(6)5-13;1-2/h2-5H,1H2;1-2H3. The lowest BCUT2D eigenvalue weighted by Crippen LogP contribution is -2.20. The summed E-state index contributed by atoms with van der Waals surface area (Å²) < 4.78 is 36.7. The van der Waals surface area contributed by atoms with Gasteiger partial charge in [-0.15, -0.1) is 0 Å². The lowest BCUT2D eigenvalue weighted by atomic mass is 10.1. The summed E-state index contributed by atoms with van der Waals surface area (Å²) in [5, 5.41) is 0. The molecule has 0 aromatic carbocycles. The van der Waals surface area contributed by atoms with Gasteiger partial charge in [-0.3, -0.25) is 9.79 Å². The summed E-state index contributed by atoms with van der Waals surface area (Å²) in [7, 11) is 0. The molecule has 0 aromatic rings. The van der Waals surface area contributed by atoms with Crippen molar-refractivity contribution in [1.82, 2.24) is 0 Å². The largest absolute Gasteiger partial charge is 0.418 e. The summed E-state index contributed by atoms with van der Waals surface area (Å²) in [5.74, 6) is 0. The van der Waals surface area contributed by atoms with E-state index in [1.54, 1.807) is 0 Å². The molecule has 0 bridgehead atoms. The van der Waals surface area contributed by atoms with Crippen LogP contribution in [0.5, 0.6) is 0 Å². The molecule has 1 heterocycles. The Morgan fingerprint density at radius 1 is 1.40 bits per heavy atom. The molecule has 1 aliphatic heterocycles. The van der Waals surface area contributed by atoms with Gasteiger partial charge in [0.15, 0.2) is 6.29 Å². The molecule has 1 rings (SSSR count). The molecule has 0 aliphatic carbocycles. The molecular weight excluding hydrogens is 207 g/mol. The lowest BCUT2D eigenvalue weighted by molar-refractivity contribution is -0.104. The Balaban J connectivity index is 0.000000921. The fourth-order valence-corrected chi connectivity index (χ4v) is 0.909. The van der Waals surface area contributed by atoms with Crippen LogP contribution in [0.3, 0.4) is 0 Å². The van der Waals surface area contributed by atoms with Gasteiger partial charge in [-0.25, -0.2) is 0 Å². The number of aliphatic imine (C=N–C) groups is 1. The van der Waals surface area contributed by atoms with E-state index in [1.807, 2.05) is 13.8 Å². The van der Waals surface area contributed by atoms with E-state index in [4.69, 9.17) is 0 Å². The number of hydrogen-bond acceptors (Lipinski definition) is 2. The second-order valence-corrected chi connectivity index (χ2v) is 2.37. The highest BCUT2D eigenvalue weighted by atomic mass is 19.4. The molecule has 0 saturated carbocycles. The predicted molar refractivity (Wildman–Crippen MR) is 52.7 cm³/mol. The molecule has 0 spiro atoms. The second-order valence-electron chi connectivity index (χ2n) is 2.37. The zero-order chi connectivity index (χ0) is 11.9. The zero-order valence-electron chi connectivity index (χ0n) is 8.51. The van der Waals surface area contributed by atoms with Gasteiger partial charge in [0.1, 0.15) is 5.71 Å². The number of rotatable bonds is 1. The Hall–Kier alpha value is -1.39. The average molecular weight is 219 g/mol. The molecule has 84 valence electrons. The van der Waals surface area contributed by atoms with Gasteiger partial charge in [-0.2, -0.15) is 13.2 Å². The van der Waals surface area contributed by atoms with Crippen molar-refractivity contribution < 1.29 is 18.0 Å². The maximum atomic E-state index is 12.2. The SMILES string of the molecule is CC.O=CC1=NC=CCC=C1C(F)(F)F. The number of halogens is 3. The first-order valence-electron chi connectivity index (χ1n) is 4.51. The average Bonchev–Trinajstić information content (AvgIpc) is 2.44. The van der Waals surface area contributed by atoms with Crippen LogP contribution in [0.15, 0.2) is 28.9 Å². The van der Waals surface area contributed by atoms with Crippen molar-refractivity contribution in [1.29, 1.82) is 0 Å². The maximum Gasteiger partial charge on any atom is 0.418 e. The summed E-state index contributed by atoms with van der Waals surface area (Å²) in [6.07, 6.45) is -0.686. The Bertz CT molecular complexity index is 300. The molecule has 0 aromatic heterocycles. The Morgan fingerprint density at radius 2 is 2.00 bits per heavy atom. The monoisotopic (exact) mass is 219 g/mol. The molecule has 0 radical (unpaired) electrons. The van der Waals surface area contributed by atoms with E-state index >= 15 is 0 Å². The van der Waals surface area contributed by atoms with Crippen molar-refractivity contribution in [2.45, 2.75) is 26.4 Å². The fraction of sp³-hybridized carbons (Fsp3) is 0.400. The van der Waals surface area contributed by atoms with E-state index in [1.165, 1.54) is 12.3 Å². The normalized spacial score (nSPS) is 15.5. The van der Waals surface area contributed by atoms with Crippen LogP contribution < -0.4 is 0 Å². The van der Waals surface area contributed by atoms with E-state index in [0.29, 0.717) is 0 Å². The van der Waals surface area contributed by atoms with Crippen LogP contribution in [0.1, 0.15) is 20.3 Å². The highest BCUT2D eigenvalue weighted by molar-refractivity contribution is 6.36. The number of carbonyl (C=O) groups is 1. The van der Waals surface area contributed by atoms with Crippen molar-refractivity contribution in [3.05, 3.63) is 23.9 Å². The smallest absolute Gasteiger partial charge is 0.296 e. The molecule has 0 unspecified atom stereocenters. The van der Waals surface area contributed by atoms with Gasteiger partial charge in [-0.1, -0.05) is 26.0 Å². The van der Waals surface area contributed by atoms with Crippen molar-refractivity contribution in [2.24, 2.45) is 4.99 Å². The van der Waals surface area contributed by atoms with Gasteiger partial charge in [0.25, 0.3) is 0 Å². The van der Waals surface area contributed by atoms with Crippen molar-refractivity contribution >= 4 is 12.0 Å². The van der Waals surface area contributed by atoms with Crippen molar-refractivity contribution in [3.63, 3.8) is 0 Å². The highest BCUT2D eigenvalue weighted by Crippen LogP contribution is 2.27. The van der Waals surface area contributed by atoms with Crippen LogP contribution in [0.2, 0.25) is 0 Å². The predicted octanol–water partition coefficient (Wildman–Crippen LogP) is 3.06. The summed E-state index contributed by atoms with van der Waals surface area (Å²) in [4.78, 5) is 13.6. The number of allylic oxidation sites excluding steroid dienone is 3. The Kier molecular flexibility index (Phi) is 5.59. The number of aldehydes is 1. The Labute approximate surface area is 86.2 Å². The van der Waals surface area contributed by atoms with Gasteiger partial charge in [0, 0.05) is 6.20 Å². The number of nitrogens with zero attached hydrogens (tertiary/aromatic N) is 1. The van der Waals surface area contributed by atoms with E-state index in [2.05, 4.69) is 4.99 Å². The molecule has 0 N–H and O–H groups in total. The lowest BCUT2D eigenvalue weighted by Gasteiger charge is -2.08. The first-order chi connectivity index (χ1) is 7.05. The minimum atomic E-state index is -4.51. The summed E-state index contributed by atoms with van der Waals surface area (Å²) >= 11 is 0. The summed E-state index contributed by atoms with van der Waals surface area (Å²) in [5.41, 5.74) is -1.53. The minimum Gasteiger partial charge on any atom is -0.296 e. The third kappa shape index (κ3) is 4.10. The quantitative estimate of drug-likeness (QED) is 0.623. The number of alkyl halides is 3. The van der Waals surface area contributed by atoms with Gasteiger partial charge >= 0.3 is 6.18 Å². The highest BCUT2D eigenvalue weighted by Gasteiger charge is 2.36. The van der Waals surface area contributed by atoms with Gasteiger partial charge < -0.3 is 0 Å². The zero-order valence-corrected chi connectivity index (χ0v) is 8.51. The number of carbonyl (C=O) groups excluding carboxylic acids is 1. The van der Waals surface area contributed by atoms with Crippen LogP contribution in [0, 0.1) is 0 Å². The Morgan fingerprint density at radius 3 is 2.47 bits per heavy atom. The first-order valence-corrected chi connectivity index (χ1v) is 4.51. The molecule has 0 atom stereocenters. The fourth-order valence-electron chi connectivity index (χ4n) is 0.909. The maximum absolute atomic E-state index is 12.2. The van der Waals surface area contributed by atoms with Gasteiger partial charge in [0.2, 0.25) is 0 Å². The molecule has 5 heteroatoms. The summed E-state index contributed by atoms with van der Waals surface area (Å²) in [6.45, 7) is 4.00. The minimum absolute atomic E-state index is 0.106. The molecule has 15 heavy (non-hydrogen) atoms. The molecule has 0 amide bonds. The van der Waals surface area contributed by atoms with Gasteiger partial charge in [0.05, 0.1) is 5.57 Å². The summed E-state index contributed by atoms with van der Waals surface area (Å²) in [6, 6.07) is 0.